The third kappa shape index (κ3) is 4.22. The summed E-state index contributed by atoms with van der Waals surface area (Å²) in [5.74, 6) is 0.749. The Hall–Kier alpha value is -2.61. The predicted octanol–water partition coefficient (Wildman–Crippen LogP) is 2.28. The second-order valence-corrected chi connectivity index (χ2v) is 8.22. The molecule has 8 heteroatoms. The number of para-hydroxylation sites is 2. The van der Waals surface area contributed by atoms with Gasteiger partial charge in [0, 0.05) is 26.2 Å². The van der Waals surface area contributed by atoms with Crippen molar-refractivity contribution in [3.8, 4) is 0 Å². The lowest BCUT2D eigenvalue weighted by molar-refractivity contribution is -0.123. The largest absolute Gasteiger partial charge is 0.376 e. The number of rotatable bonds is 6. The van der Waals surface area contributed by atoms with Gasteiger partial charge in [-0.25, -0.2) is 9.78 Å². The topological polar surface area (TPSA) is 88.5 Å². The number of hydrogen-bond acceptors (Lipinski definition) is 4. The standard InChI is InChI=1S/C21H29N5O3/c1-14(2)12-17(19(27)22-13-15-6-5-11-29-15)24-21(28)26-10-9-25-18-8-4-3-7-16(18)23-20(25)26/h3-4,7-8,14-15,17H,5-6,9-13H2,1-2H3,(H,22,27)(H,24,28)/t15-,17+/m1/s1. The van der Waals surface area contributed by atoms with Crippen LogP contribution in [0.1, 0.15) is 33.1 Å². The highest BCUT2D eigenvalue weighted by atomic mass is 16.5. The molecule has 29 heavy (non-hydrogen) atoms. The summed E-state index contributed by atoms with van der Waals surface area (Å²) < 4.78 is 7.62. The molecule has 2 aliphatic rings. The summed E-state index contributed by atoms with van der Waals surface area (Å²) in [5.41, 5.74) is 1.89. The summed E-state index contributed by atoms with van der Waals surface area (Å²) >= 11 is 0. The lowest BCUT2D eigenvalue weighted by Gasteiger charge is -2.23. The molecule has 2 aromatic rings. The fourth-order valence-corrected chi connectivity index (χ4v) is 4.05. The Kier molecular flexibility index (Phi) is 5.71. The van der Waals surface area contributed by atoms with E-state index in [4.69, 9.17) is 4.74 Å². The van der Waals surface area contributed by atoms with Crippen molar-refractivity contribution in [2.24, 2.45) is 5.92 Å². The maximum absolute atomic E-state index is 13.0. The first-order valence-electron chi connectivity index (χ1n) is 10.5. The Morgan fingerprint density at radius 1 is 1.28 bits per heavy atom. The molecular weight excluding hydrogens is 370 g/mol. The molecular formula is C21H29N5O3. The van der Waals surface area contributed by atoms with Gasteiger partial charge in [0.05, 0.1) is 17.1 Å². The lowest BCUT2D eigenvalue weighted by Crippen LogP contribution is -2.52. The van der Waals surface area contributed by atoms with Crippen molar-refractivity contribution in [2.45, 2.75) is 51.8 Å². The molecule has 2 N–H and O–H groups in total. The van der Waals surface area contributed by atoms with Crippen LogP contribution in [0, 0.1) is 5.92 Å². The first-order valence-corrected chi connectivity index (χ1v) is 10.5. The summed E-state index contributed by atoms with van der Waals surface area (Å²) in [6, 6.07) is 6.99. The number of urea groups is 1. The van der Waals surface area contributed by atoms with E-state index >= 15 is 0 Å². The molecule has 3 amide bonds. The molecule has 4 rings (SSSR count). The molecule has 0 spiro atoms. The molecule has 156 valence electrons. The fourth-order valence-electron chi connectivity index (χ4n) is 4.05. The number of carbonyl (C=O) groups excluding carboxylic acids is 2. The summed E-state index contributed by atoms with van der Waals surface area (Å²) in [7, 11) is 0. The number of carbonyl (C=O) groups is 2. The summed E-state index contributed by atoms with van der Waals surface area (Å²) in [6.45, 7) is 6.57. The molecule has 0 radical (unpaired) electrons. The molecule has 3 heterocycles. The number of anilines is 1. The maximum Gasteiger partial charge on any atom is 0.324 e. The van der Waals surface area contributed by atoms with Gasteiger partial charge >= 0.3 is 6.03 Å². The van der Waals surface area contributed by atoms with Gasteiger partial charge in [0.1, 0.15) is 6.04 Å². The van der Waals surface area contributed by atoms with Crippen LogP contribution in [0.25, 0.3) is 11.0 Å². The number of nitrogens with zero attached hydrogens (tertiary/aromatic N) is 3. The first-order chi connectivity index (χ1) is 14.0. The highest BCUT2D eigenvalue weighted by Gasteiger charge is 2.31. The van der Waals surface area contributed by atoms with E-state index in [1.807, 2.05) is 42.7 Å². The van der Waals surface area contributed by atoms with Gasteiger partial charge in [-0.05, 0) is 37.3 Å². The predicted molar refractivity (Wildman–Crippen MR) is 111 cm³/mol. The summed E-state index contributed by atoms with van der Waals surface area (Å²) in [6.07, 6.45) is 2.65. The number of aromatic nitrogens is 2. The number of nitrogens with one attached hydrogen (secondary N) is 2. The van der Waals surface area contributed by atoms with E-state index in [2.05, 4.69) is 15.6 Å². The molecule has 0 bridgehead atoms. The van der Waals surface area contributed by atoms with E-state index in [9.17, 15) is 9.59 Å². The van der Waals surface area contributed by atoms with E-state index in [0.29, 0.717) is 32.0 Å². The number of amides is 3. The molecule has 0 unspecified atom stereocenters. The minimum absolute atomic E-state index is 0.0767. The molecule has 2 atom stereocenters. The van der Waals surface area contributed by atoms with E-state index in [1.165, 1.54) is 0 Å². The van der Waals surface area contributed by atoms with Crippen molar-refractivity contribution in [1.82, 2.24) is 20.2 Å². The van der Waals surface area contributed by atoms with E-state index in [1.54, 1.807) is 4.90 Å². The zero-order valence-corrected chi connectivity index (χ0v) is 17.1. The number of benzene rings is 1. The molecule has 1 aromatic carbocycles. The number of fused-ring (bicyclic) bond motifs is 3. The van der Waals surface area contributed by atoms with Crippen LogP contribution in [0.5, 0.6) is 0 Å². The number of hydrogen-bond donors (Lipinski definition) is 2. The summed E-state index contributed by atoms with van der Waals surface area (Å²) in [5, 5.41) is 5.88. The van der Waals surface area contributed by atoms with E-state index in [-0.39, 0.29) is 24.0 Å². The van der Waals surface area contributed by atoms with Crippen molar-refractivity contribution in [3.63, 3.8) is 0 Å². The van der Waals surface area contributed by atoms with Gasteiger partial charge in [0.15, 0.2) is 0 Å². The first kappa shape index (κ1) is 19.7. The Bertz CT molecular complexity index is 888. The van der Waals surface area contributed by atoms with Gasteiger partial charge in [-0.1, -0.05) is 26.0 Å². The summed E-state index contributed by atoms with van der Waals surface area (Å²) in [4.78, 5) is 32.0. The minimum Gasteiger partial charge on any atom is -0.376 e. The van der Waals surface area contributed by atoms with Crippen LogP contribution in [-0.4, -0.2) is 53.3 Å². The number of ether oxygens (including phenoxy) is 1. The smallest absolute Gasteiger partial charge is 0.324 e. The Balaban J connectivity index is 1.43. The van der Waals surface area contributed by atoms with Gasteiger partial charge in [-0.3, -0.25) is 9.69 Å². The van der Waals surface area contributed by atoms with Crippen molar-refractivity contribution in [1.29, 1.82) is 0 Å². The Morgan fingerprint density at radius 3 is 2.86 bits per heavy atom. The maximum atomic E-state index is 13.0. The minimum atomic E-state index is -0.581. The monoisotopic (exact) mass is 399 g/mol. The molecule has 1 fully saturated rings. The van der Waals surface area contributed by atoms with Crippen LogP contribution >= 0.6 is 0 Å². The van der Waals surface area contributed by atoms with Crippen LogP contribution in [-0.2, 0) is 16.1 Å². The van der Waals surface area contributed by atoms with Crippen molar-refractivity contribution >= 4 is 28.9 Å². The second-order valence-electron chi connectivity index (χ2n) is 8.22. The van der Waals surface area contributed by atoms with E-state index < -0.39 is 6.04 Å². The molecule has 0 aliphatic carbocycles. The van der Waals surface area contributed by atoms with Crippen LogP contribution in [0.2, 0.25) is 0 Å². The third-order valence-electron chi connectivity index (χ3n) is 5.52. The highest BCUT2D eigenvalue weighted by Crippen LogP contribution is 2.27. The van der Waals surface area contributed by atoms with Crippen molar-refractivity contribution in [3.05, 3.63) is 24.3 Å². The number of imidazole rings is 1. The zero-order valence-electron chi connectivity index (χ0n) is 17.1. The fraction of sp³-hybridized carbons (Fsp3) is 0.571. The van der Waals surface area contributed by atoms with Gasteiger partial charge in [0.25, 0.3) is 0 Å². The highest BCUT2D eigenvalue weighted by molar-refractivity contribution is 5.96. The van der Waals surface area contributed by atoms with Gasteiger partial charge < -0.3 is 19.9 Å². The van der Waals surface area contributed by atoms with Crippen LogP contribution < -0.4 is 15.5 Å². The molecule has 1 aromatic heterocycles. The Labute approximate surface area is 170 Å². The molecule has 8 nitrogen and oxygen atoms in total. The average Bonchev–Trinajstić information content (AvgIpc) is 3.41. The lowest BCUT2D eigenvalue weighted by atomic mass is 10.0. The second kappa shape index (κ2) is 8.41. The molecule has 2 aliphatic heterocycles. The quantitative estimate of drug-likeness (QED) is 0.780. The van der Waals surface area contributed by atoms with Gasteiger partial charge in [-0.15, -0.1) is 0 Å². The third-order valence-corrected chi connectivity index (χ3v) is 5.52. The van der Waals surface area contributed by atoms with Gasteiger partial charge in [-0.2, -0.15) is 0 Å². The van der Waals surface area contributed by atoms with Crippen LogP contribution in [0.15, 0.2) is 24.3 Å². The van der Waals surface area contributed by atoms with Crippen molar-refractivity contribution < 1.29 is 14.3 Å². The zero-order chi connectivity index (χ0) is 20.4. The Morgan fingerprint density at radius 2 is 2.10 bits per heavy atom. The normalized spacial score (nSPS) is 19.6. The van der Waals surface area contributed by atoms with E-state index in [0.717, 1.165) is 30.5 Å². The van der Waals surface area contributed by atoms with Crippen molar-refractivity contribution in [2.75, 3.05) is 24.6 Å². The average molecular weight is 399 g/mol. The van der Waals surface area contributed by atoms with Crippen LogP contribution in [0.4, 0.5) is 10.7 Å². The van der Waals surface area contributed by atoms with Gasteiger partial charge in [0.2, 0.25) is 11.9 Å². The SMILES string of the molecule is CC(C)C[C@H](NC(=O)N1CCn2c1nc1ccccc12)C(=O)NC[C@H]1CCCO1. The molecule has 1 saturated heterocycles. The van der Waals surface area contributed by atoms with Crippen LogP contribution in [0.3, 0.4) is 0 Å². The molecule has 0 saturated carbocycles.